The largest absolute Gasteiger partial charge is 0.497 e. The van der Waals surface area contributed by atoms with E-state index in [1.165, 1.54) is 18.1 Å². The summed E-state index contributed by atoms with van der Waals surface area (Å²) in [6.07, 6.45) is -1.30. The molecule has 0 saturated carbocycles. The topological polar surface area (TPSA) is 66.8 Å². The summed E-state index contributed by atoms with van der Waals surface area (Å²) >= 11 is 6.42. The molecule has 0 aliphatic carbocycles. The molecule has 0 bridgehead atoms. The van der Waals surface area contributed by atoms with Gasteiger partial charge in [0.15, 0.2) is 0 Å². The number of carboxylic acid groups (broad SMARTS) is 1. The summed E-state index contributed by atoms with van der Waals surface area (Å²) in [6, 6.07) is 5.28. The van der Waals surface area contributed by atoms with Crippen LogP contribution in [0.3, 0.4) is 0 Å². The van der Waals surface area contributed by atoms with E-state index in [0.29, 0.717) is 52.2 Å². The molecule has 1 fully saturated rings. The zero-order chi connectivity index (χ0) is 26.6. The quantitative estimate of drug-likeness (QED) is 0.165. The molecule has 2 aromatic rings. The Morgan fingerprint density at radius 1 is 1.17 bits per heavy atom. The number of carbonyl (C=O) groups is 2. The van der Waals surface area contributed by atoms with Crippen LogP contribution in [0.5, 0.6) is 5.75 Å². The van der Waals surface area contributed by atoms with Crippen molar-refractivity contribution >= 4 is 46.3 Å². The normalized spacial score (nSPS) is 15.2. The Morgan fingerprint density at radius 2 is 1.89 bits per heavy atom. The number of thiocarbonyl (C=S) groups is 1. The number of amides is 1. The van der Waals surface area contributed by atoms with Crippen LogP contribution in [0.2, 0.25) is 0 Å². The maximum atomic E-state index is 14.6. The standard InChI is InChI=1S/C25H23F4NO4S2/c1-14-15(11-21-23(33)30(24(35)36-21)9-5-3-4-6-22(31)32)10-17(34-2)13-18(14)19-12-16(25(27,28)29)7-8-20(19)26/h7-8,10-13H,3-6,9H2,1-2H3,(H,31,32)/b21-11-. The van der Waals surface area contributed by atoms with Crippen LogP contribution < -0.4 is 4.74 Å². The highest BCUT2D eigenvalue weighted by Crippen LogP contribution is 2.39. The predicted molar refractivity (Wildman–Crippen MR) is 134 cm³/mol. The van der Waals surface area contributed by atoms with E-state index in [1.54, 1.807) is 19.1 Å². The Labute approximate surface area is 215 Å². The number of thioether (sulfide) groups is 1. The number of nitrogens with zero attached hydrogens (tertiary/aromatic N) is 1. The van der Waals surface area contributed by atoms with Crippen molar-refractivity contribution in [1.82, 2.24) is 4.90 Å². The number of unbranched alkanes of at least 4 members (excludes halogenated alkanes) is 2. The lowest BCUT2D eigenvalue weighted by Gasteiger charge is -2.15. The first-order valence-electron chi connectivity index (χ1n) is 10.9. The fraction of sp³-hybridized carbons (Fsp3) is 0.320. The molecule has 1 heterocycles. The van der Waals surface area contributed by atoms with Crippen LogP contribution >= 0.6 is 24.0 Å². The van der Waals surface area contributed by atoms with Crippen LogP contribution in [0.1, 0.15) is 42.4 Å². The molecule has 0 unspecified atom stereocenters. The van der Waals surface area contributed by atoms with Gasteiger partial charge in [-0.25, -0.2) is 4.39 Å². The van der Waals surface area contributed by atoms with Crippen molar-refractivity contribution < 1.29 is 37.0 Å². The second kappa shape index (κ2) is 11.4. The fourth-order valence-electron chi connectivity index (χ4n) is 3.72. The molecular weight excluding hydrogens is 518 g/mol. The number of alkyl halides is 3. The van der Waals surface area contributed by atoms with Gasteiger partial charge < -0.3 is 9.84 Å². The molecule has 11 heteroatoms. The van der Waals surface area contributed by atoms with Gasteiger partial charge in [-0.05, 0) is 72.9 Å². The smallest absolute Gasteiger partial charge is 0.416 e. The van der Waals surface area contributed by atoms with Crippen LogP contribution in [0.4, 0.5) is 17.6 Å². The number of halogens is 4. The Kier molecular flexibility index (Phi) is 8.78. The first kappa shape index (κ1) is 27.7. The highest BCUT2D eigenvalue weighted by molar-refractivity contribution is 8.26. The van der Waals surface area contributed by atoms with E-state index >= 15 is 0 Å². The molecule has 0 spiro atoms. The second-order valence-electron chi connectivity index (χ2n) is 8.12. The maximum absolute atomic E-state index is 14.6. The number of hydrogen-bond acceptors (Lipinski definition) is 5. The number of hydrogen-bond donors (Lipinski definition) is 1. The molecule has 1 amide bonds. The molecule has 192 valence electrons. The zero-order valence-electron chi connectivity index (χ0n) is 19.4. The first-order chi connectivity index (χ1) is 16.9. The van der Waals surface area contributed by atoms with Crippen LogP contribution in [-0.4, -0.2) is 39.9 Å². The molecule has 0 atom stereocenters. The maximum Gasteiger partial charge on any atom is 0.416 e. The predicted octanol–water partition coefficient (Wildman–Crippen LogP) is 6.67. The summed E-state index contributed by atoms with van der Waals surface area (Å²) in [6.45, 7) is 1.98. The molecule has 1 saturated heterocycles. The summed E-state index contributed by atoms with van der Waals surface area (Å²) < 4.78 is 60.1. The van der Waals surface area contributed by atoms with Crippen molar-refractivity contribution in [2.45, 2.75) is 38.8 Å². The van der Waals surface area contributed by atoms with Gasteiger partial charge in [0.1, 0.15) is 15.9 Å². The molecular formula is C25H23F4NO4S2. The van der Waals surface area contributed by atoms with E-state index in [-0.39, 0.29) is 29.2 Å². The third kappa shape index (κ3) is 6.44. The van der Waals surface area contributed by atoms with E-state index < -0.39 is 23.5 Å². The average Bonchev–Trinajstić information content (AvgIpc) is 3.07. The van der Waals surface area contributed by atoms with Gasteiger partial charge in [0.25, 0.3) is 5.91 Å². The molecule has 0 radical (unpaired) electrons. The number of carbonyl (C=O) groups excluding carboxylic acids is 1. The minimum Gasteiger partial charge on any atom is -0.497 e. The molecule has 36 heavy (non-hydrogen) atoms. The number of rotatable bonds is 9. The van der Waals surface area contributed by atoms with Crippen molar-refractivity contribution in [3.63, 3.8) is 0 Å². The Balaban J connectivity index is 1.92. The van der Waals surface area contributed by atoms with Crippen LogP contribution in [-0.2, 0) is 15.8 Å². The van der Waals surface area contributed by atoms with E-state index in [9.17, 15) is 27.2 Å². The third-order valence-electron chi connectivity index (χ3n) is 5.67. The lowest BCUT2D eigenvalue weighted by Crippen LogP contribution is -2.29. The summed E-state index contributed by atoms with van der Waals surface area (Å²) in [5.41, 5.74) is -0.0640. The molecule has 5 nitrogen and oxygen atoms in total. The summed E-state index contributed by atoms with van der Waals surface area (Å²) in [4.78, 5) is 25.3. The fourth-order valence-corrected chi connectivity index (χ4v) is 5.02. The lowest BCUT2D eigenvalue weighted by molar-refractivity contribution is -0.138. The highest BCUT2D eigenvalue weighted by atomic mass is 32.2. The van der Waals surface area contributed by atoms with Crippen LogP contribution in [0.15, 0.2) is 35.2 Å². The second-order valence-corrected chi connectivity index (χ2v) is 9.80. The molecule has 1 aliphatic heterocycles. The van der Waals surface area contributed by atoms with Crippen molar-refractivity contribution in [2.24, 2.45) is 0 Å². The number of carboxylic acids is 1. The van der Waals surface area contributed by atoms with Crippen molar-refractivity contribution in [3.8, 4) is 16.9 Å². The Morgan fingerprint density at radius 3 is 2.53 bits per heavy atom. The molecule has 1 N–H and O–H groups in total. The van der Waals surface area contributed by atoms with E-state index in [4.69, 9.17) is 22.1 Å². The molecule has 3 rings (SSSR count). The van der Waals surface area contributed by atoms with Gasteiger partial charge in [0.2, 0.25) is 0 Å². The van der Waals surface area contributed by atoms with Crippen molar-refractivity contribution in [3.05, 3.63) is 57.7 Å². The molecule has 1 aliphatic rings. The minimum absolute atomic E-state index is 0.0578. The van der Waals surface area contributed by atoms with Crippen molar-refractivity contribution in [2.75, 3.05) is 13.7 Å². The zero-order valence-corrected chi connectivity index (χ0v) is 21.1. The van der Waals surface area contributed by atoms with E-state index in [0.717, 1.165) is 23.9 Å². The first-order valence-corrected chi connectivity index (χ1v) is 12.2. The summed E-state index contributed by atoms with van der Waals surface area (Å²) in [5.74, 6) is -1.73. The molecule has 0 aromatic heterocycles. The number of aliphatic carboxylic acids is 1. The summed E-state index contributed by atoms with van der Waals surface area (Å²) in [7, 11) is 1.38. The van der Waals surface area contributed by atoms with Crippen molar-refractivity contribution in [1.29, 1.82) is 0 Å². The van der Waals surface area contributed by atoms with Gasteiger partial charge in [0.05, 0.1) is 17.6 Å². The van der Waals surface area contributed by atoms with Gasteiger partial charge in [-0.1, -0.05) is 30.4 Å². The van der Waals surface area contributed by atoms with Crippen LogP contribution in [0, 0.1) is 12.7 Å². The Hall–Kier alpha value is -2.92. The molecule has 2 aromatic carbocycles. The van der Waals surface area contributed by atoms with Gasteiger partial charge in [-0.2, -0.15) is 13.2 Å². The van der Waals surface area contributed by atoms with Crippen LogP contribution in [0.25, 0.3) is 17.2 Å². The van der Waals surface area contributed by atoms with Gasteiger partial charge in [0, 0.05) is 18.5 Å². The lowest BCUT2D eigenvalue weighted by atomic mass is 9.94. The highest BCUT2D eigenvalue weighted by Gasteiger charge is 2.33. The number of methoxy groups -OCH3 is 1. The number of benzene rings is 2. The minimum atomic E-state index is -4.64. The van der Waals surface area contributed by atoms with Gasteiger partial charge in [-0.15, -0.1) is 0 Å². The Bertz CT molecular complexity index is 1230. The van der Waals surface area contributed by atoms with E-state index in [2.05, 4.69) is 0 Å². The van der Waals surface area contributed by atoms with Gasteiger partial charge in [-0.3, -0.25) is 14.5 Å². The SMILES string of the molecule is COc1cc(/C=C2\SC(=S)N(CCCCCC(=O)O)C2=O)c(C)c(-c2cc(C(F)(F)F)ccc2F)c1. The van der Waals surface area contributed by atoms with Gasteiger partial charge >= 0.3 is 12.1 Å². The monoisotopic (exact) mass is 541 g/mol. The number of ether oxygens (including phenoxy) is 1. The summed E-state index contributed by atoms with van der Waals surface area (Å²) in [5, 5.41) is 8.72. The third-order valence-corrected chi connectivity index (χ3v) is 7.05. The average molecular weight is 542 g/mol. The van der Waals surface area contributed by atoms with E-state index in [1.807, 2.05) is 0 Å².